The number of rotatable bonds is 5. The average Bonchev–Trinajstić information content (AvgIpc) is 2.85. The van der Waals surface area contributed by atoms with E-state index in [9.17, 15) is 9.59 Å². The molecular formula is C15H20N2O3. The van der Waals surface area contributed by atoms with Crippen LogP contribution in [0, 0.1) is 12.8 Å². The first-order valence-corrected chi connectivity index (χ1v) is 6.81. The van der Waals surface area contributed by atoms with E-state index in [-0.39, 0.29) is 30.2 Å². The number of ether oxygens (including phenoxy) is 1. The highest BCUT2D eigenvalue weighted by molar-refractivity contribution is 5.89. The van der Waals surface area contributed by atoms with E-state index in [1.54, 1.807) is 0 Å². The second kappa shape index (κ2) is 6.41. The Morgan fingerprint density at radius 1 is 1.45 bits per heavy atom. The van der Waals surface area contributed by atoms with Gasteiger partial charge in [-0.3, -0.25) is 9.59 Å². The Labute approximate surface area is 118 Å². The number of aryl methyl sites for hydroxylation is 1. The van der Waals surface area contributed by atoms with Gasteiger partial charge in [-0.15, -0.1) is 0 Å². The second-order valence-corrected chi connectivity index (χ2v) is 5.24. The molecule has 2 atom stereocenters. The number of carbonyl (C=O) groups excluding carboxylic acids is 2. The zero-order valence-electron chi connectivity index (χ0n) is 11.8. The fourth-order valence-electron chi connectivity index (χ4n) is 2.05. The van der Waals surface area contributed by atoms with Crippen LogP contribution in [-0.2, 0) is 9.59 Å². The highest BCUT2D eigenvalue weighted by atomic mass is 16.5. The summed E-state index contributed by atoms with van der Waals surface area (Å²) in [6.07, 6.45) is 0.275. The molecule has 1 saturated heterocycles. The lowest BCUT2D eigenvalue weighted by Crippen LogP contribution is -2.41. The van der Waals surface area contributed by atoms with Gasteiger partial charge >= 0.3 is 0 Å². The molecule has 108 valence electrons. The Bertz CT molecular complexity index is 484. The van der Waals surface area contributed by atoms with Crippen LogP contribution in [0.5, 0.6) is 5.75 Å². The largest absolute Gasteiger partial charge is 0.491 e. The first-order valence-electron chi connectivity index (χ1n) is 6.81. The van der Waals surface area contributed by atoms with Gasteiger partial charge in [0.05, 0.1) is 12.0 Å². The molecule has 5 heteroatoms. The standard InChI is InChI=1S/C15H20N2O3/c1-10-3-5-13(6-4-10)20-9-11(2)17-15(19)12-7-14(18)16-8-12/h3-6,11-12H,7-9H2,1-2H3,(H,16,18)(H,17,19). The summed E-state index contributed by atoms with van der Waals surface area (Å²) in [5.41, 5.74) is 1.18. The highest BCUT2D eigenvalue weighted by Gasteiger charge is 2.28. The van der Waals surface area contributed by atoms with Crippen molar-refractivity contribution in [3.63, 3.8) is 0 Å². The molecule has 0 aliphatic carbocycles. The van der Waals surface area contributed by atoms with Gasteiger partial charge in [0.15, 0.2) is 0 Å². The van der Waals surface area contributed by atoms with Gasteiger partial charge in [0.1, 0.15) is 12.4 Å². The number of carbonyl (C=O) groups is 2. The van der Waals surface area contributed by atoms with Crippen molar-refractivity contribution in [3.05, 3.63) is 29.8 Å². The first kappa shape index (κ1) is 14.4. The van der Waals surface area contributed by atoms with Crippen molar-refractivity contribution in [1.29, 1.82) is 0 Å². The van der Waals surface area contributed by atoms with Gasteiger partial charge in [-0.25, -0.2) is 0 Å². The van der Waals surface area contributed by atoms with Crippen LogP contribution in [0.1, 0.15) is 18.9 Å². The smallest absolute Gasteiger partial charge is 0.225 e. The molecule has 1 fully saturated rings. The Morgan fingerprint density at radius 3 is 2.75 bits per heavy atom. The lowest BCUT2D eigenvalue weighted by molar-refractivity contribution is -0.127. The molecular weight excluding hydrogens is 256 g/mol. The quantitative estimate of drug-likeness (QED) is 0.843. The summed E-state index contributed by atoms with van der Waals surface area (Å²) in [6.45, 7) is 4.74. The van der Waals surface area contributed by atoms with Crippen molar-refractivity contribution in [2.24, 2.45) is 5.92 Å². The first-order chi connectivity index (χ1) is 9.54. The Balaban J connectivity index is 1.74. The lowest BCUT2D eigenvalue weighted by Gasteiger charge is -2.17. The molecule has 0 radical (unpaired) electrons. The molecule has 1 aromatic carbocycles. The van der Waals surface area contributed by atoms with Gasteiger partial charge < -0.3 is 15.4 Å². The molecule has 2 amide bonds. The van der Waals surface area contributed by atoms with Crippen molar-refractivity contribution in [2.75, 3.05) is 13.2 Å². The summed E-state index contributed by atoms with van der Waals surface area (Å²) in [5.74, 6) is 0.371. The molecule has 0 saturated carbocycles. The number of amides is 2. The monoisotopic (exact) mass is 276 g/mol. The van der Waals surface area contributed by atoms with Crippen molar-refractivity contribution in [3.8, 4) is 5.75 Å². The molecule has 2 unspecified atom stereocenters. The van der Waals surface area contributed by atoms with E-state index in [2.05, 4.69) is 10.6 Å². The molecule has 1 aliphatic rings. The highest BCUT2D eigenvalue weighted by Crippen LogP contribution is 2.12. The van der Waals surface area contributed by atoms with Crippen molar-refractivity contribution < 1.29 is 14.3 Å². The third kappa shape index (κ3) is 3.98. The summed E-state index contributed by atoms with van der Waals surface area (Å²) in [5, 5.41) is 5.52. The molecule has 0 spiro atoms. The summed E-state index contributed by atoms with van der Waals surface area (Å²) >= 11 is 0. The minimum absolute atomic E-state index is 0.0614. The molecule has 1 aromatic rings. The van der Waals surface area contributed by atoms with E-state index >= 15 is 0 Å². The normalized spacial score (nSPS) is 19.3. The third-order valence-electron chi connectivity index (χ3n) is 3.26. The van der Waals surface area contributed by atoms with Crippen LogP contribution in [0.25, 0.3) is 0 Å². The molecule has 2 N–H and O–H groups in total. The van der Waals surface area contributed by atoms with Crippen LogP contribution in [-0.4, -0.2) is 31.0 Å². The zero-order chi connectivity index (χ0) is 14.5. The number of benzene rings is 1. The predicted molar refractivity (Wildman–Crippen MR) is 75.4 cm³/mol. The van der Waals surface area contributed by atoms with Gasteiger partial charge in [0.2, 0.25) is 11.8 Å². The van der Waals surface area contributed by atoms with Gasteiger partial charge in [0, 0.05) is 13.0 Å². The van der Waals surface area contributed by atoms with E-state index in [0.29, 0.717) is 13.2 Å². The Kier molecular flexibility index (Phi) is 4.61. The summed E-state index contributed by atoms with van der Waals surface area (Å²) < 4.78 is 5.61. The van der Waals surface area contributed by atoms with E-state index in [0.717, 1.165) is 5.75 Å². The minimum Gasteiger partial charge on any atom is -0.491 e. The fraction of sp³-hybridized carbons (Fsp3) is 0.467. The maximum absolute atomic E-state index is 11.9. The zero-order valence-corrected chi connectivity index (χ0v) is 11.8. The van der Waals surface area contributed by atoms with Gasteiger partial charge in [-0.2, -0.15) is 0 Å². The van der Waals surface area contributed by atoms with Crippen LogP contribution < -0.4 is 15.4 Å². The van der Waals surface area contributed by atoms with Gasteiger partial charge in [-0.05, 0) is 26.0 Å². The average molecular weight is 276 g/mol. The molecule has 20 heavy (non-hydrogen) atoms. The van der Waals surface area contributed by atoms with E-state index in [1.165, 1.54) is 5.56 Å². The number of nitrogens with one attached hydrogen (secondary N) is 2. The maximum Gasteiger partial charge on any atom is 0.225 e. The van der Waals surface area contributed by atoms with E-state index in [4.69, 9.17) is 4.74 Å². The van der Waals surface area contributed by atoms with Gasteiger partial charge in [-0.1, -0.05) is 17.7 Å². The summed E-state index contributed by atoms with van der Waals surface area (Å²) in [4.78, 5) is 23.0. The van der Waals surface area contributed by atoms with Crippen LogP contribution in [0.3, 0.4) is 0 Å². The molecule has 2 rings (SSSR count). The number of hydrogen-bond acceptors (Lipinski definition) is 3. The van der Waals surface area contributed by atoms with Crippen molar-refractivity contribution in [2.45, 2.75) is 26.3 Å². The molecule has 0 aromatic heterocycles. The maximum atomic E-state index is 11.9. The Hall–Kier alpha value is -2.04. The minimum atomic E-state index is -0.260. The molecule has 1 aliphatic heterocycles. The van der Waals surface area contributed by atoms with Crippen LogP contribution >= 0.6 is 0 Å². The predicted octanol–water partition coefficient (Wildman–Crippen LogP) is 1.01. The van der Waals surface area contributed by atoms with Crippen LogP contribution in [0.4, 0.5) is 0 Å². The third-order valence-corrected chi connectivity index (χ3v) is 3.26. The number of hydrogen-bond donors (Lipinski definition) is 2. The lowest BCUT2D eigenvalue weighted by atomic mass is 10.1. The fourth-order valence-corrected chi connectivity index (χ4v) is 2.05. The second-order valence-electron chi connectivity index (χ2n) is 5.24. The Morgan fingerprint density at radius 2 is 2.15 bits per heavy atom. The van der Waals surface area contributed by atoms with Crippen molar-refractivity contribution in [1.82, 2.24) is 10.6 Å². The summed E-state index contributed by atoms with van der Waals surface area (Å²) in [7, 11) is 0. The summed E-state index contributed by atoms with van der Waals surface area (Å²) in [6, 6.07) is 7.68. The molecule has 0 bridgehead atoms. The molecule has 1 heterocycles. The van der Waals surface area contributed by atoms with Crippen LogP contribution in [0.2, 0.25) is 0 Å². The van der Waals surface area contributed by atoms with E-state index in [1.807, 2.05) is 38.1 Å². The van der Waals surface area contributed by atoms with Gasteiger partial charge in [0.25, 0.3) is 0 Å². The van der Waals surface area contributed by atoms with E-state index < -0.39 is 0 Å². The topological polar surface area (TPSA) is 67.4 Å². The molecule has 5 nitrogen and oxygen atoms in total. The van der Waals surface area contributed by atoms with Crippen molar-refractivity contribution >= 4 is 11.8 Å². The SMILES string of the molecule is Cc1ccc(OCC(C)NC(=O)C2CNC(=O)C2)cc1. The van der Waals surface area contributed by atoms with Crippen LogP contribution in [0.15, 0.2) is 24.3 Å².